The third kappa shape index (κ3) is 2.47. The van der Waals surface area contributed by atoms with Crippen LogP contribution in [0.5, 0.6) is 5.75 Å². The number of nitrogens with zero attached hydrogens (tertiary/aromatic N) is 1. The van der Waals surface area contributed by atoms with Crippen LogP contribution in [-0.4, -0.2) is 17.0 Å². The molecule has 0 radical (unpaired) electrons. The Labute approximate surface area is 151 Å². The second-order valence-corrected chi connectivity index (χ2v) is 6.64. The molecule has 2 heterocycles. The van der Waals surface area contributed by atoms with E-state index in [4.69, 9.17) is 4.74 Å². The second-order valence-electron chi connectivity index (χ2n) is 5.73. The van der Waals surface area contributed by atoms with Crippen LogP contribution in [0.3, 0.4) is 0 Å². The van der Waals surface area contributed by atoms with Gasteiger partial charge in [0.1, 0.15) is 11.7 Å². The monoisotopic (exact) mass is 399 g/mol. The molecule has 0 spiro atoms. The van der Waals surface area contributed by atoms with Gasteiger partial charge in [0.05, 0.1) is 4.92 Å². The van der Waals surface area contributed by atoms with Gasteiger partial charge < -0.3 is 15.0 Å². The molecule has 0 amide bonds. The minimum absolute atomic E-state index is 0.00192. The summed E-state index contributed by atoms with van der Waals surface area (Å²) >= 11 is 3.48. The third-order valence-electron chi connectivity index (χ3n) is 4.36. The van der Waals surface area contributed by atoms with Gasteiger partial charge in [0, 0.05) is 34.2 Å². The highest BCUT2D eigenvalue weighted by Gasteiger charge is 2.40. The number of hydrogen-bond acceptors (Lipinski definition) is 4. The van der Waals surface area contributed by atoms with E-state index in [1.165, 1.54) is 0 Å². The van der Waals surface area contributed by atoms with Gasteiger partial charge in [0.25, 0.3) is 5.88 Å². The zero-order chi connectivity index (χ0) is 17.6. The van der Waals surface area contributed by atoms with Crippen LogP contribution >= 0.6 is 15.9 Å². The number of nitrogens with one attached hydrogen (secondary N) is 2. The summed E-state index contributed by atoms with van der Waals surface area (Å²) in [4.78, 5) is 14.7. The Hall–Kier alpha value is -2.80. The lowest BCUT2D eigenvalue weighted by molar-refractivity contribution is -0.432. The zero-order valence-corrected chi connectivity index (χ0v) is 14.8. The molecule has 25 heavy (non-hydrogen) atoms. The van der Waals surface area contributed by atoms with Crippen molar-refractivity contribution in [3.8, 4) is 5.75 Å². The normalized spacial score (nSPS) is 16.5. The molecule has 1 unspecified atom stereocenters. The van der Waals surface area contributed by atoms with E-state index in [0.29, 0.717) is 5.75 Å². The fourth-order valence-electron chi connectivity index (χ4n) is 3.29. The maximum Gasteiger partial charge on any atom is 0.317 e. The first-order chi connectivity index (χ1) is 12.1. The average molecular weight is 400 g/mol. The standard InChI is InChI=1S/C18H14BrN3O3/c1-20-18-17(22(23)24)16(11-4-2-3-5-15(11)25-18)13-9-21-14-7-6-10(19)8-12(13)14/h2-9,16,20-21H,1H3. The summed E-state index contributed by atoms with van der Waals surface area (Å²) in [5, 5.41) is 15.6. The molecule has 2 aromatic carbocycles. The molecular weight excluding hydrogens is 386 g/mol. The maximum atomic E-state index is 11.9. The quantitative estimate of drug-likeness (QED) is 0.512. The Morgan fingerprint density at radius 2 is 2.04 bits per heavy atom. The number of halogens is 1. The maximum absolute atomic E-state index is 11.9. The van der Waals surface area contributed by atoms with Crippen molar-refractivity contribution in [1.82, 2.24) is 10.3 Å². The average Bonchev–Trinajstić information content (AvgIpc) is 3.02. The predicted octanol–water partition coefficient (Wildman–Crippen LogP) is 4.12. The highest BCUT2D eigenvalue weighted by atomic mass is 79.9. The van der Waals surface area contributed by atoms with Gasteiger partial charge in [-0.05, 0) is 29.8 Å². The lowest BCUT2D eigenvalue weighted by Gasteiger charge is -2.25. The minimum atomic E-state index is -0.537. The number of aromatic amines is 1. The number of hydrogen-bond donors (Lipinski definition) is 2. The van der Waals surface area contributed by atoms with Crippen molar-refractivity contribution in [1.29, 1.82) is 0 Å². The molecule has 1 aliphatic heterocycles. The van der Waals surface area contributed by atoms with E-state index in [9.17, 15) is 10.1 Å². The molecule has 1 aromatic heterocycles. The highest BCUT2D eigenvalue weighted by molar-refractivity contribution is 9.10. The van der Waals surface area contributed by atoms with Crippen molar-refractivity contribution >= 4 is 26.8 Å². The van der Waals surface area contributed by atoms with Crippen LogP contribution in [0.4, 0.5) is 0 Å². The summed E-state index contributed by atoms with van der Waals surface area (Å²) in [6.07, 6.45) is 1.83. The predicted molar refractivity (Wildman–Crippen MR) is 98.0 cm³/mol. The lowest BCUT2D eigenvalue weighted by atomic mass is 9.86. The molecule has 1 aliphatic rings. The zero-order valence-electron chi connectivity index (χ0n) is 13.2. The smallest absolute Gasteiger partial charge is 0.317 e. The van der Waals surface area contributed by atoms with Crippen molar-refractivity contribution in [2.75, 3.05) is 7.05 Å². The number of aromatic nitrogens is 1. The summed E-state index contributed by atoms with van der Waals surface area (Å²) in [6.45, 7) is 0. The largest absolute Gasteiger partial charge is 0.435 e. The van der Waals surface area contributed by atoms with Crippen LogP contribution in [0.25, 0.3) is 10.9 Å². The van der Waals surface area contributed by atoms with Crippen molar-refractivity contribution in [2.45, 2.75) is 5.92 Å². The van der Waals surface area contributed by atoms with Gasteiger partial charge >= 0.3 is 5.70 Å². The molecule has 0 saturated carbocycles. The molecule has 4 rings (SSSR count). The van der Waals surface area contributed by atoms with Gasteiger partial charge in [-0.3, -0.25) is 10.1 Å². The van der Waals surface area contributed by atoms with E-state index >= 15 is 0 Å². The van der Waals surface area contributed by atoms with E-state index in [0.717, 1.165) is 26.5 Å². The lowest BCUT2D eigenvalue weighted by Crippen LogP contribution is -2.27. The Kier molecular flexibility index (Phi) is 3.73. The fourth-order valence-corrected chi connectivity index (χ4v) is 3.65. The van der Waals surface area contributed by atoms with Crippen LogP contribution < -0.4 is 10.1 Å². The Morgan fingerprint density at radius 1 is 1.24 bits per heavy atom. The SMILES string of the molecule is CNC1=C([N+](=O)[O-])C(c2c[nH]c3ccc(Br)cc23)c2ccccc2O1. The molecule has 0 saturated heterocycles. The van der Waals surface area contributed by atoms with Crippen LogP contribution in [0.1, 0.15) is 17.0 Å². The first-order valence-electron chi connectivity index (χ1n) is 7.69. The molecule has 0 bridgehead atoms. The number of ether oxygens (including phenoxy) is 1. The molecule has 1 atom stereocenters. The van der Waals surface area contributed by atoms with Gasteiger partial charge in [0.2, 0.25) is 0 Å². The van der Waals surface area contributed by atoms with Gasteiger partial charge in [-0.15, -0.1) is 0 Å². The summed E-state index contributed by atoms with van der Waals surface area (Å²) < 4.78 is 6.64. The number of para-hydroxylation sites is 1. The number of fused-ring (bicyclic) bond motifs is 2. The van der Waals surface area contributed by atoms with Crippen molar-refractivity contribution in [2.24, 2.45) is 0 Å². The molecule has 3 aromatic rings. The Bertz CT molecular complexity index is 1030. The van der Waals surface area contributed by atoms with Gasteiger partial charge in [0.15, 0.2) is 0 Å². The molecule has 0 fully saturated rings. The topological polar surface area (TPSA) is 80.2 Å². The first-order valence-corrected chi connectivity index (χ1v) is 8.49. The van der Waals surface area contributed by atoms with Crippen molar-refractivity contribution in [3.05, 3.63) is 86.0 Å². The molecular formula is C18H14BrN3O3. The van der Waals surface area contributed by atoms with Crippen LogP contribution in [0.2, 0.25) is 0 Å². The first kappa shape index (κ1) is 15.7. The summed E-state index contributed by atoms with van der Waals surface area (Å²) in [5.41, 5.74) is 2.54. The number of nitro groups is 1. The van der Waals surface area contributed by atoms with E-state index in [1.54, 1.807) is 7.05 Å². The molecule has 7 heteroatoms. The summed E-state index contributed by atoms with van der Waals surface area (Å²) in [6, 6.07) is 13.3. The van der Waals surface area contributed by atoms with E-state index in [2.05, 4.69) is 26.2 Å². The van der Waals surface area contributed by atoms with E-state index < -0.39 is 5.92 Å². The Morgan fingerprint density at radius 3 is 2.80 bits per heavy atom. The van der Waals surface area contributed by atoms with E-state index in [1.807, 2.05) is 48.7 Å². The number of benzene rings is 2. The molecule has 2 N–H and O–H groups in total. The van der Waals surface area contributed by atoms with Gasteiger partial charge in [-0.1, -0.05) is 34.1 Å². The minimum Gasteiger partial charge on any atom is -0.435 e. The summed E-state index contributed by atoms with van der Waals surface area (Å²) in [7, 11) is 1.62. The Balaban J connectivity index is 2.03. The molecule has 6 nitrogen and oxygen atoms in total. The summed E-state index contributed by atoms with van der Waals surface area (Å²) in [5.74, 6) is 0.246. The van der Waals surface area contributed by atoms with Crippen molar-refractivity contribution in [3.63, 3.8) is 0 Å². The third-order valence-corrected chi connectivity index (χ3v) is 4.85. The number of rotatable bonds is 3. The van der Waals surface area contributed by atoms with Gasteiger partial charge in [-0.2, -0.15) is 0 Å². The van der Waals surface area contributed by atoms with Crippen molar-refractivity contribution < 1.29 is 9.66 Å². The van der Waals surface area contributed by atoms with Crippen LogP contribution in [-0.2, 0) is 0 Å². The highest BCUT2D eigenvalue weighted by Crippen LogP contribution is 2.44. The fraction of sp³-hybridized carbons (Fsp3) is 0.111. The number of H-pyrrole nitrogens is 1. The molecule has 0 aliphatic carbocycles. The number of allylic oxidation sites excluding steroid dienone is 1. The molecule has 126 valence electrons. The van der Waals surface area contributed by atoms with Crippen LogP contribution in [0.15, 0.2) is 64.7 Å². The second kappa shape index (κ2) is 5.93. The van der Waals surface area contributed by atoms with Gasteiger partial charge in [-0.25, -0.2) is 0 Å². The van der Waals surface area contributed by atoms with E-state index in [-0.39, 0.29) is 16.5 Å². The van der Waals surface area contributed by atoms with Crippen LogP contribution in [0, 0.1) is 10.1 Å².